The van der Waals surface area contributed by atoms with Crippen molar-refractivity contribution in [3.63, 3.8) is 0 Å². The molecule has 4 nitrogen and oxygen atoms in total. The molecule has 1 aromatic heterocycles. The smallest absolute Gasteiger partial charge is 0.418 e. The summed E-state index contributed by atoms with van der Waals surface area (Å²) in [4.78, 5) is 15.3. The molecular formula is C24H34N2O2. The molecule has 0 spiro atoms. The molecule has 0 bridgehead atoms. The van der Waals surface area contributed by atoms with Crippen molar-refractivity contribution in [2.24, 2.45) is 5.92 Å². The Bertz CT molecular complexity index is 886. The van der Waals surface area contributed by atoms with Crippen molar-refractivity contribution in [2.75, 3.05) is 19.6 Å². The molecule has 1 aliphatic heterocycles. The zero-order chi connectivity index (χ0) is 20.1. The highest BCUT2D eigenvalue weighted by Crippen LogP contribution is 2.45. The zero-order valence-electron chi connectivity index (χ0n) is 18.0. The monoisotopic (exact) mass is 382 g/mol. The number of hydrogen-bond donors (Lipinski definition) is 0. The predicted octanol–water partition coefficient (Wildman–Crippen LogP) is 5.49. The van der Waals surface area contributed by atoms with E-state index in [9.17, 15) is 4.79 Å². The van der Waals surface area contributed by atoms with E-state index in [-0.39, 0.29) is 6.09 Å². The number of rotatable bonds is 4. The number of ether oxygens (including phenoxy) is 1. The van der Waals surface area contributed by atoms with Crippen molar-refractivity contribution in [1.29, 1.82) is 0 Å². The molecule has 0 N–H and O–H groups in total. The van der Waals surface area contributed by atoms with E-state index in [4.69, 9.17) is 4.74 Å². The summed E-state index contributed by atoms with van der Waals surface area (Å²) in [6.45, 7) is 13.7. The summed E-state index contributed by atoms with van der Waals surface area (Å²) in [7, 11) is 0. The van der Waals surface area contributed by atoms with Gasteiger partial charge in [-0.3, -0.25) is 4.57 Å². The number of likely N-dealkylation sites (tertiary alicyclic amines) is 1. The number of carbonyl (C=O) groups excluding carboxylic acids is 1. The van der Waals surface area contributed by atoms with E-state index in [0.717, 1.165) is 18.5 Å². The first kappa shape index (κ1) is 19.5. The van der Waals surface area contributed by atoms with Crippen LogP contribution in [0.3, 0.4) is 0 Å². The number of aromatic nitrogens is 1. The highest BCUT2D eigenvalue weighted by atomic mass is 16.6. The Morgan fingerprint density at radius 2 is 2.00 bits per heavy atom. The highest BCUT2D eigenvalue weighted by molar-refractivity contribution is 5.94. The maximum atomic E-state index is 12.8. The lowest BCUT2D eigenvalue weighted by atomic mass is 9.89. The SMILES string of the molecule is CCN1CC[C@H](Cc2c(C3CC3)cc(C)c3c2ccn3C(=O)OC(C)(C)C)C1. The zero-order valence-corrected chi connectivity index (χ0v) is 18.0. The number of aryl methyl sites for hydroxylation is 1. The average Bonchev–Trinajstić information content (AvgIpc) is 3.18. The van der Waals surface area contributed by atoms with Gasteiger partial charge in [-0.25, -0.2) is 4.79 Å². The maximum absolute atomic E-state index is 12.8. The summed E-state index contributed by atoms with van der Waals surface area (Å²) >= 11 is 0. The van der Waals surface area contributed by atoms with Crippen LogP contribution in [0.1, 0.15) is 69.6 Å². The lowest BCUT2D eigenvalue weighted by molar-refractivity contribution is 0.0544. The summed E-state index contributed by atoms with van der Waals surface area (Å²) in [6, 6.07) is 4.49. The average molecular weight is 383 g/mol. The minimum Gasteiger partial charge on any atom is -0.443 e. The van der Waals surface area contributed by atoms with Gasteiger partial charge in [0, 0.05) is 18.1 Å². The molecule has 4 rings (SSSR count). The molecule has 4 heteroatoms. The summed E-state index contributed by atoms with van der Waals surface area (Å²) in [5.41, 5.74) is 4.72. The van der Waals surface area contributed by atoms with Gasteiger partial charge in [0.15, 0.2) is 0 Å². The second-order valence-corrected chi connectivity index (χ2v) is 9.72. The Morgan fingerprint density at radius 3 is 2.61 bits per heavy atom. The number of fused-ring (bicyclic) bond motifs is 1. The standard InChI is InChI=1S/C24H34N2O2/c1-6-25-11-9-17(15-25)14-21-19-10-12-26(23(27)28-24(3,4)5)22(19)16(2)13-20(21)18-7-8-18/h10,12-13,17-18H,6-9,11,14-15H2,1-5H3/t17-/m1/s1. The van der Waals surface area contributed by atoms with Crippen LogP contribution in [-0.4, -0.2) is 40.8 Å². The minimum absolute atomic E-state index is 0.284. The number of carbonyl (C=O) groups is 1. The molecule has 1 aliphatic carbocycles. The van der Waals surface area contributed by atoms with Gasteiger partial charge < -0.3 is 9.64 Å². The minimum atomic E-state index is -0.494. The fourth-order valence-corrected chi connectivity index (χ4v) is 4.73. The van der Waals surface area contributed by atoms with E-state index >= 15 is 0 Å². The van der Waals surface area contributed by atoms with Crippen LogP contribution < -0.4 is 0 Å². The van der Waals surface area contributed by atoms with E-state index < -0.39 is 5.60 Å². The largest absolute Gasteiger partial charge is 0.443 e. The second kappa shape index (κ2) is 7.22. The molecule has 0 unspecified atom stereocenters. The third kappa shape index (κ3) is 3.84. The van der Waals surface area contributed by atoms with Gasteiger partial charge in [-0.05, 0) is 101 Å². The van der Waals surface area contributed by atoms with Gasteiger partial charge in [0.05, 0.1) is 5.52 Å². The summed E-state index contributed by atoms with van der Waals surface area (Å²) in [6.07, 6.45) is 6.62. The van der Waals surface area contributed by atoms with Crippen molar-refractivity contribution in [1.82, 2.24) is 9.47 Å². The van der Waals surface area contributed by atoms with E-state index in [1.165, 1.54) is 54.4 Å². The maximum Gasteiger partial charge on any atom is 0.418 e. The molecule has 1 atom stereocenters. The third-order valence-electron chi connectivity index (χ3n) is 6.22. The Labute approximate surface area is 168 Å². The van der Waals surface area contributed by atoms with Crippen LogP contribution >= 0.6 is 0 Å². The van der Waals surface area contributed by atoms with Crippen LogP contribution in [0, 0.1) is 12.8 Å². The topological polar surface area (TPSA) is 34.5 Å². The van der Waals surface area contributed by atoms with Crippen molar-refractivity contribution in [2.45, 2.75) is 71.8 Å². The Kier molecular flexibility index (Phi) is 5.03. The van der Waals surface area contributed by atoms with E-state index in [1.807, 2.05) is 27.0 Å². The molecule has 0 amide bonds. The summed E-state index contributed by atoms with van der Waals surface area (Å²) in [5.74, 6) is 1.43. The lowest BCUT2D eigenvalue weighted by Gasteiger charge is -2.21. The van der Waals surface area contributed by atoms with E-state index in [0.29, 0.717) is 11.8 Å². The second-order valence-electron chi connectivity index (χ2n) is 9.72. The quantitative estimate of drug-likeness (QED) is 0.701. The molecule has 1 aromatic carbocycles. The van der Waals surface area contributed by atoms with Crippen LogP contribution in [0.2, 0.25) is 0 Å². The molecule has 2 heterocycles. The van der Waals surface area contributed by atoms with E-state index in [1.54, 1.807) is 4.57 Å². The van der Waals surface area contributed by atoms with Crippen LogP contribution in [0.4, 0.5) is 4.79 Å². The van der Waals surface area contributed by atoms with Gasteiger partial charge in [-0.1, -0.05) is 13.0 Å². The molecule has 1 saturated heterocycles. The van der Waals surface area contributed by atoms with Crippen LogP contribution in [-0.2, 0) is 11.2 Å². The molecule has 2 aromatic rings. The molecule has 1 saturated carbocycles. The molecule has 28 heavy (non-hydrogen) atoms. The van der Waals surface area contributed by atoms with Gasteiger partial charge in [-0.15, -0.1) is 0 Å². The van der Waals surface area contributed by atoms with Gasteiger partial charge >= 0.3 is 6.09 Å². The molecule has 2 fully saturated rings. The summed E-state index contributed by atoms with van der Waals surface area (Å²) in [5, 5.41) is 1.25. The van der Waals surface area contributed by atoms with E-state index in [2.05, 4.69) is 30.9 Å². The van der Waals surface area contributed by atoms with Crippen LogP contribution in [0.5, 0.6) is 0 Å². The molecule has 152 valence electrons. The highest BCUT2D eigenvalue weighted by Gasteiger charge is 2.31. The van der Waals surface area contributed by atoms with Gasteiger partial charge in [0.1, 0.15) is 5.60 Å². The van der Waals surface area contributed by atoms with Crippen molar-refractivity contribution >= 4 is 17.0 Å². The fraction of sp³-hybridized carbons (Fsp3) is 0.625. The Morgan fingerprint density at radius 1 is 1.25 bits per heavy atom. The fourth-order valence-electron chi connectivity index (χ4n) is 4.73. The van der Waals surface area contributed by atoms with Crippen LogP contribution in [0.25, 0.3) is 10.9 Å². The predicted molar refractivity (Wildman–Crippen MR) is 114 cm³/mol. The van der Waals surface area contributed by atoms with Crippen molar-refractivity contribution in [3.8, 4) is 0 Å². The van der Waals surface area contributed by atoms with Crippen molar-refractivity contribution < 1.29 is 9.53 Å². The Hall–Kier alpha value is -1.81. The number of benzene rings is 1. The molecule has 2 aliphatic rings. The summed E-state index contributed by atoms with van der Waals surface area (Å²) < 4.78 is 7.37. The molecular weight excluding hydrogens is 348 g/mol. The van der Waals surface area contributed by atoms with Gasteiger partial charge in [-0.2, -0.15) is 0 Å². The molecule has 0 radical (unpaired) electrons. The first-order valence-electron chi connectivity index (χ1n) is 10.9. The Balaban J connectivity index is 1.74. The third-order valence-corrected chi connectivity index (χ3v) is 6.22. The number of hydrogen-bond acceptors (Lipinski definition) is 3. The first-order chi connectivity index (χ1) is 13.3. The van der Waals surface area contributed by atoms with Crippen LogP contribution in [0.15, 0.2) is 18.3 Å². The van der Waals surface area contributed by atoms with Crippen molar-refractivity contribution in [3.05, 3.63) is 35.0 Å². The first-order valence-corrected chi connectivity index (χ1v) is 10.9. The van der Waals surface area contributed by atoms with Gasteiger partial charge in [0.2, 0.25) is 0 Å². The number of nitrogens with zero attached hydrogens (tertiary/aromatic N) is 2. The lowest BCUT2D eigenvalue weighted by Crippen LogP contribution is -2.26. The normalized spacial score (nSPS) is 20.8. The van der Waals surface area contributed by atoms with Gasteiger partial charge in [0.25, 0.3) is 0 Å².